The van der Waals surface area contributed by atoms with Crippen LogP contribution in [0.1, 0.15) is 52.8 Å². The lowest BCUT2D eigenvalue weighted by Crippen LogP contribution is -2.12. The topological polar surface area (TPSA) is 52.1 Å². The molecule has 0 fully saturated rings. The molecule has 144 valence electrons. The van der Waals surface area contributed by atoms with E-state index in [2.05, 4.69) is 35.9 Å². The molecule has 0 amide bonds. The maximum atomic E-state index is 12.9. The SMILES string of the molecule is CCCCc1cc(-c2ccc(C)cc2)c(C(=O)OCc2ccccn2)c(C)n1. The van der Waals surface area contributed by atoms with E-state index in [-0.39, 0.29) is 12.6 Å². The number of esters is 1. The lowest BCUT2D eigenvalue weighted by atomic mass is 9.96. The number of nitrogens with zero attached hydrogens (tertiary/aromatic N) is 2. The van der Waals surface area contributed by atoms with E-state index in [1.807, 2.05) is 43.3 Å². The Hall–Kier alpha value is -3.01. The molecule has 0 spiro atoms. The molecule has 28 heavy (non-hydrogen) atoms. The fraction of sp³-hybridized carbons (Fsp3) is 0.292. The highest BCUT2D eigenvalue weighted by molar-refractivity contribution is 5.98. The summed E-state index contributed by atoms with van der Waals surface area (Å²) in [6.45, 7) is 6.24. The Kier molecular flexibility index (Phi) is 6.53. The fourth-order valence-electron chi connectivity index (χ4n) is 3.14. The first kappa shape index (κ1) is 19.7. The molecule has 2 heterocycles. The van der Waals surface area contributed by atoms with E-state index < -0.39 is 0 Å². The number of unbranched alkanes of at least 4 members (excludes halogenated alkanes) is 1. The highest BCUT2D eigenvalue weighted by Gasteiger charge is 2.20. The van der Waals surface area contributed by atoms with E-state index in [1.165, 1.54) is 5.56 Å². The summed E-state index contributed by atoms with van der Waals surface area (Å²) in [6, 6.07) is 15.8. The standard InChI is InChI=1S/C24H26N2O2/c1-4-5-8-20-15-22(19-12-10-17(2)11-13-19)23(18(3)26-20)24(27)28-16-21-9-6-7-14-25-21/h6-7,9-15H,4-5,8,16H2,1-3H3. The van der Waals surface area contributed by atoms with Gasteiger partial charge < -0.3 is 4.74 Å². The summed E-state index contributed by atoms with van der Waals surface area (Å²) in [6.07, 6.45) is 4.77. The number of aryl methyl sites for hydroxylation is 3. The molecule has 0 saturated heterocycles. The van der Waals surface area contributed by atoms with Crippen LogP contribution in [0.25, 0.3) is 11.1 Å². The van der Waals surface area contributed by atoms with Crippen molar-refractivity contribution in [2.45, 2.75) is 46.6 Å². The molecule has 0 bridgehead atoms. The van der Waals surface area contributed by atoms with Crippen LogP contribution >= 0.6 is 0 Å². The zero-order valence-corrected chi connectivity index (χ0v) is 16.7. The van der Waals surface area contributed by atoms with Crippen LogP contribution in [0.15, 0.2) is 54.7 Å². The zero-order chi connectivity index (χ0) is 19.9. The van der Waals surface area contributed by atoms with Crippen molar-refractivity contribution in [3.8, 4) is 11.1 Å². The maximum Gasteiger partial charge on any atom is 0.341 e. The van der Waals surface area contributed by atoms with Crippen molar-refractivity contribution in [1.82, 2.24) is 9.97 Å². The number of carbonyl (C=O) groups excluding carboxylic acids is 1. The molecule has 0 aliphatic rings. The predicted molar refractivity (Wildman–Crippen MR) is 111 cm³/mol. The minimum Gasteiger partial charge on any atom is -0.456 e. The highest BCUT2D eigenvalue weighted by Crippen LogP contribution is 2.28. The Morgan fingerprint density at radius 3 is 2.50 bits per heavy atom. The maximum absolute atomic E-state index is 12.9. The Morgan fingerprint density at radius 2 is 1.82 bits per heavy atom. The summed E-state index contributed by atoms with van der Waals surface area (Å²) >= 11 is 0. The Morgan fingerprint density at radius 1 is 1.04 bits per heavy atom. The molecule has 4 nitrogen and oxygen atoms in total. The second-order valence-electron chi connectivity index (χ2n) is 6.99. The lowest BCUT2D eigenvalue weighted by molar-refractivity contribution is 0.0467. The third-order valence-electron chi connectivity index (χ3n) is 4.68. The third kappa shape index (κ3) is 4.83. The van der Waals surface area contributed by atoms with E-state index >= 15 is 0 Å². The van der Waals surface area contributed by atoms with Gasteiger partial charge >= 0.3 is 5.97 Å². The number of aromatic nitrogens is 2. The average molecular weight is 374 g/mol. The summed E-state index contributed by atoms with van der Waals surface area (Å²) < 4.78 is 5.56. The van der Waals surface area contributed by atoms with Gasteiger partial charge in [-0.15, -0.1) is 0 Å². The van der Waals surface area contributed by atoms with Gasteiger partial charge in [0, 0.05) is 11.9 Å². The van der Waals surface area contributed by atoms with Crippen LogP contribution in [0.5, 0.6) is 0 Å². The van der Waals surface area contributed by atoms with Crippen molar-refractivity contribution < 1.29 is 9.53 Å². The monoisotopic (exact) mass is 374 g/mol. The summed E-state index contributed by atoms with van der Waals surface area (Å²) in [5.74, 6) is -0.367. The lowest BCUT2D eigenvalue weighted by Gasteiger charge is -2.14. The number of hydrogen-bond donors (Lipinski definition) is 0. The number of carbonyl (C=O) groups is 1. The number of rotatable bonds is 7. The van der Waals surface area contributed by atoms with Crippen LogP contribution in [0.2, 0.25) is 0 Å². The average Bonchev–Trinajstić information content (AvgIpc) is 2.71. The first-order valence-corrected chi connectivity index (χ1v) is 9.73. The van der Waals surface area contributed by atoms with Gasteiger partial charge in [-0.1, -0.05) is 49.2 Å². The molecule has 1 aromatic carbocycles. The minimum absolute atomic E-state index is 0.143. The van der Waals surface area contributed by atoms with Crippen LogP contribution in [0, 0.1) is 13.8 Å². The van der Waals surface area contributed by atoms with E-state index in [0.717, 1.165) is 41.8 Å². The van der Waals surface area contributed by atoms with Gasteiger partial charge in [0.05, 0.1) is 17.0 Å². The van der Waals surface area contributed by atoms with Gasteiger partial charge in [0.15, 0.2) is 0 Å². The zero-order valence-electron chi connectivity index (χ0n) is 16.7. The molecule has 0 atom stereocenters. The van der Waals surface area contributed by atoms with Gasteiger partial charge in [-0.25, -0.2) is 4.79 Å². The van der Waals surface area contributed by atoms with Crippen LogP contribution in [-0.2, 0) is 17.8 Å². The second-order valence-corrected chi connectivity index (χ2v) is 6.99. The molecule has 0 unspecified atom stereocenters. The van der Waals surface area contributed by atoms with Crippen molar-refractivity contribution in [1.29, 1.82) is 0 Å². The third-order valence-corrected chi connectivity index (χ3v) is 4.68. The van der Waals surface area contributed by atoms with Crippen molar-refractivity contribution in [2.24, 2.45) is 0 Å². The minimum atomic E-state index is -0.367. The number of pyridine rings is 2. The first-order valence-electron chi connectivity index (χ1n) is 9.73. The molecular weight excluding hydrogens is 348 g/mol. The number of ether oxygens (including phenoxy) is 1. The van der Waals surface area contributed by atoms with Crippen LogP contribution in [0.3, 0.4) is 0 Å². The van der Waals surface area contributed by atoms with Crippen LogP contribution in [0.4, 0.5) is 0 Å². The first-order chi connectivity index (χ1) is 13.6. The fourth-order valence-corrected chi connectivity index (χ4v) is 3.14. The molecule has 0 saturated carbocycles. The smallest absolute Gasteiger partial charge is 0.341 e. The summed E-state index contributed by atoms with van der Waals surface area (Å²) in [5, 5.41) is 0. The van der Waals surface area contributed by atoms with Crippen molar-refractivity contribution in [2.75, 3.05) is 0 Å². The van der Waals surface area contributed by atoms with Gasteiger partial charge in [-0.3, -0.25) is 9.97 Å². The predicted octanol–water partition coefficient (Wildman–Crippen LogP) is 5.46. The van der Waals surface area contributed by atoms with Crippen molar-refractivity contribution in [3.63, 3.8) is 0 Å². The van der Waals surface area contributed by atoms with Crippen LogP contribution in [-0.4, -0.2) is 15.9 Å². The Labute approximate surface area is 166 Å². The quantitative estimate of drug-likeness (QED) is 0.515. The molecule has 0 aliphatic carbocycles. The molecule has 0 N–H and O–H groups in total. The summed E-state index contributed by atoms with van der Waals surface area (Å²) in [4.78, 5) is 21.8. The highest BCUT2D eigenvalue weighted by atomic mass is 16.5. The van der Waals surface area contributed by atoms with Gasteiger partial charge in [0.1, 0.15) is 6.61 Å². The van der Waals surface area contributed by atoms with Gasteiger partial charge in [-0.2, -0.15) is 0 Å². The number of hydrogen-bond acceptors (Lipinski definition) is 4. The molecule has 3 aromatic rings. The van der Waals surface area contributed by atoms with Crippen LogP contribution < -0.4 is 0 Å². The molecule has 3 rings (SSSR count). The molecule has 0 aliphatic heterocycles. The molecule has 0 radical (unpaired) electrons. The van der Waals surface area contributed by atoms with Crippen molar-refractivity contribution in [3.05, 3.63) is 82.9 Å². The Bertz CT molecular complexity index is 935. The molecular formula is C24H26N2O2. The number of benzene rings is 1. The Balaban J connectivity index is 1.95. The largest absolute Gasteiger partial charge is 0.456 e. The second kappa shape index (κ2) is 9.27. The van der Waals surface area contributed by atoms with E-state index in [1.54, 1.807) is 6.20 Å². The van der Waals surface area contributed by atoms with E-state index in [0.29, 0.717) is 11.3 Å². The molecule has 4 heteroatoms. The van der Waals surface area contributed by atoms with Gasteiger partial charge in [0.25, 0.3) is 0 Å². The summed E-state index contributed by atoms with van der Waals surface area (Å²) in [7, 11) is 0. The van der Waals surface area contributed by atoms with Gasteiger partial charge in [-0.05, 0) is 56.0 Å². The van der Waals surface area contributed by atoms with E-state index in [4.69, 9.17) is 4.74 Å². The van der Waals surface area contributed by atoms with Crippen molar-refractivity contribution >= 4 is 5.97 Å². The molecule has 2 aromatic heterocycles. The van der Waals surface area contributed by atoms with Gasteiger partial charge in [0.2, 0.25) is 0 Å². The normalized spacial score (nSPS) is 10.7. The van der Waals surface area contributed by atoms with E-state index in [9.17, 15) is 4.79 Å². The summed E-state index contributed by atoms with van der Waals surface area (Å²) in [5.41, 5.74) is 6.02.